The van der Waals surface area contributed by atoms with E-state index in [4.69, 9.17) is 16.3 Å². The maximum absolute atomic E-state index is 12.8. The fourth-order valence-electron chi connectivity index (χ4n) is 2.67. The van der Waals surface area contributed by atoms with Crippen molar-refractivity contribution in [2.45, 2.75) is 11.8 Å². The Kier molecular flexibility index (Phi) is 6.10. The van der Waals surface area contributed by atoms with Crippen molar-refractivity contribution in [2.24, 2.45) is 0 Å². The van der Waals surface area contributed by atoms with Crippen LogP contribution in [0, 0.1) is 6.92 Å². The van der Waals surface area contributed by atoms with Gasteiger partial charge in [-0.25, -0.2) is 8.42 Å². The lowest BCUT2D eigenvalue weighted by molar-refractivity contribution is 0.102. The SMILES string of the molecule is COc1ccc(S(=O)(=O)Nc2ccccc2C)cc1NC(=O)c1cccc(Cl)c1. The number of sulfonamides is 1. The molecule has 3 rings (SSSR count). The number of hydrogen-bond acceptors (Lipinski definition) is 4. The summed E-state index contributed by atoms with van der Waals surface area (Å²) in [6.07, 6.45) is 0. The lowest BCUT2D eigenvalue weighted by Crippen LogP contribution is -2.16. The molecule has 0 aliphatic heterocycles. The van der Waals surface area contributed by atoms with Gasteiger partial charge in [-0.1, -0.05) is 35.9 Å². The van der Waals surface area contributed by atoms with Crippen LogP contribution in [-0.2, 0) is 10.0 Å². The number of aryl methyl sites for hydroxylation is 1. The van der Waals surface area contributed by atoms with E-state index < -0.39 is 15.9 Å². The molecule has 0 atom stereocenters. The van der Waals surface area contributed by atoms with Crippen LogP contribution in [0.4, 0.5) is 11.4 Å². The summed E-state index contributed by atoms with van der Waals surface area (Å²) in [6.45, 7) is 1.81. The Hall–Kier alpha value is -3.03. The van der Waals surface area contributed by atoms with Gasteiger partial charge >= 0.3 is 0 Å². The molecular weight excluding hydrogens is 412 g/mol. The summed E-state index contributed by atoms with van der Waals surface area (Å²) in [5.74, 6) is -0.109. The fraction of sp³-hybridized carbons (Fsp3) is 0.0952. The van der Waals surface area contributed by atoms with Crippen LogP contribution in [0.1, 0.15) is 15.9 Å². The number of halogens is 1. The highest BCUT2D eigenvalue weighted by Gasteiger charge is 2.19. The standard InChI is InChI=1S/C21H19ClN2O4S/c1-14-6-3-4-9-18(14)24-29(26,27)17-10-11-20(28-2)19(13-17)23-21(25)15-7-5-8-16(22)12-15/h3-13,24H,1-2H3,(H,23,25). The van der Waals surface area contributed by atoms with E-state index in [2.05, 4.69) is 10.0 Å². The maximum atomic E-state index is 12.8. The molecule has 0 aliphatic carbocycles. The van der Waals surface area contributed by atoms with Crippen molar-refractivity contribution in [2.75, 3.05) is 17.1 Å². The van der Waals surface area contributed by atoms with Gasteiger partial charge in [0.2, 0.25) is 0 Å². The van der Waals surface area contributed by atoms with E-state index in [1.807, 2.05) is 19.1 Å². The topological polar surface area (TPSA) is 84.5 Å². The molecule has 8 heteroatoms. The second-order valence-electron chi connectivity index (χ2n) is 6.25. The fourth-order valence-corrected chi connectivity index (χ4v) is 4.01. The molecule has 0 saturated carbocycles. The summed E-state index contributed by atoms with van der Waals surface area (Å²) in [6, 6.07) is 17.7. The van der Waals surface area contributed by atoms with Crippen molar-refractivity contribution in [1.29, 1.82) is 0 Å². The van der Waals surface area contributed by atoms with E-state index >= 15 is 0 Å². The average Bonchev–Trinajstić information content (AvgIpc) is 2.69. The number of hydrogen-bond donors (Lipinski definition) is 2. The number of anilines is 2. The molecule has 1 amide bonds. The number of para-hydroxylation sites is 1. The number of ether oxygens (including phenoxy) is 1. The van der Waals surface area contributed by atoms with Crippen LogP contribution in [-0.4, -0.2) is 21.4 Å². The molecule has 0 saturated heterocycles. The molecule has 0 spiro atoms. The van der Waals surface area contributed by atoms with Gasteiger partial charge in [-0.2, -0.15) is 0 Å². The van der Waals surface area contributed by atoms with Gasteiger partial charge in [0.1, 0.15) is 5.75 Å². The summed E-state index contributed by atoms with van der Waals surface area (Å²) < 4.78 is 33.5. The van der Waals surface area contributed by atoms with Crippen LogP contribution in [0.5, 0.6) is 5.75 Å². The molecule has 0 unspecified atom stereocenters. The number of rotatable bonds is 6. The second-order valence-corrected chi connectivity index (χ2v) is 8.37. The lowest BCUT2D eigenvalue weighted by Gasteiger charge is -2.14. The molecule has 2 N–H and O–H groups in total. The van der Waals surface area contributed by atoms with Gasteiger partial charge < -0.3 is 10.1 Å². The van der Waals surface area contributed by atoms with Crippen molar-refractivity contribution in [1.82, 2.24) is 0 Å². The van der Waals surface area contributed by atoms with Crippen molar-refractivity contribution >= 4 is 38.9 Å². The van der Waals surface area contributed by atoms with E-state index in [0.717, 1.165) is 5.56 Å². The molecule has 0 aliphatic rings. The van der Waals surface area contributed by atoms with Crippen molar-refractivity contribution in [3.63, 3.8) is 0 Å². The highest BCUT2D eigenvalue weighted by molar-refractivity contribution is 7.92. The Bertz CT molecular complexity index is 1160. The average molecular weight is 431 g/mol. The van der Waals surface area contributed by atoms with E-state index in [1.54, 1.807) is 30.3 Å². The molecule has 3 aromatic rings. The Morgan fingerprint density at radius 1 is 0.966 bits per heavy atom. The van der Waals surface area contributed by atoms with Crippen molar-refractivity contribution in [3.8, 4) is 5.75 Å². The largest absolute Gasteiger partial charge is 0.495 e. The first-order valence-electron chi connectivity index (χ1n) is 8.63. The normalized spacial score (nSPS) is 11.0. The summed E-state index contributed by atoms with van der Waals surface area (Å²) >= 11 is 5.93. The molecule has 29 heavy (non-hydrogen) atoms. The number of nitrogens with one attached hydrogen (secondary N) is 2. The first-order valence-corrected chi connectivity index (χ1v) is 10.5. The van der Waals surface area contributed by atoms with Crippen LogP contribution >= 0.6 is 11.6 Å². The highest BCUT2D eigenvalue weighted by atomic mass is 35.5. The number of carbonyl (C=O) groups is 1. The molecule has 0 radical (unpaired) electrons. The Morgan fingerprint density at radius 2 is 1.72 bits per heavy atom. The number of carbonyl (C=O) groups excluding carboxylic acids is 1. The molecule has 3 aromatic carbocycles. The van der Waals surface area contributed by atoms with Gasteiger partial charge in [-0.15, -0.1) is 0 Å². The minimum atomic E-state index is -3.87. The lowest BCUT2D eigenvalue weighted by atomic mass is 10.2. The monoisotopic (exact) mass is 430 g/mol. The number of benzene rings is 3. The predicted octanol–water partition coefficient (Wildman–Crippen LogP) is 4.71. The van der Waals surface area contributed by atoms with Gasteiger partial charge in [-0.05, 0) is 55.0 Å². The van der Waals surface area contributed by atoms with E-state index in [9.17, 15) is 13.2 Å². The molecule has 0 bridgehead atoms. The van der Waals surface area contributed by atoms with Gasteiger partial charge in [-0.3, -0.25) is 9.52 Å². The summed E-state index contributed by atoms with van der Waals surface area (Å²) in [5.41, 5.74) is 1.84. The number of amides is 1. The van der Waals surface area contributed by atoms with Gasteiger partial charge in [0.15, 0.2) is 0 Å². The number of methoxy groups -OCH3 is 1. The third-order valence-electron chi connectivity index (χ3n) is 4.21. The van der Waals surface area contributed by atoms with Crippen LogP contribution in [0.3, 0.4) is 0 Å². The van der Waals surface area contributed by atoms with Crippen LogP contribution < -0.4 is 14.8 Å². The van der Waals surface area contributed by atoms with Crippen LogP contribution in [0.2, 0.25) is 5.02 Å². The minimum absolute atomic E-state index is 0.0112. The molecule has 6 nitrogen and oxygen atoms in total. The van der Waals surface area contributed by atoms with E-state index in [0.29, 0.717) is 22.0 Å². The van der Waals surface area contributed by atoms with Crippen LogP contribution in [0.15, 0.2) is 71.6 Å². The Balaban J connectivity index is 1.92. The molecule has 150 valence electrons. The Morgan fingerprint density at radius 3 is 2.41 bits per heavy atom. The first-order chi connectivity index (χ1) is 13.8. The van der Waals surface area contributed by atoms with Crippen LogP contribution in [0.25, 0.3) is 0 Å². The van der Waals surface area contributed by atoms with Gasteiger partial charge in [0.25, 0.3) is 15.9 Å². The van der Waals surface area contributed by atoms with Crippen molar-refractivity contribution in [3.05, 3.63) is 82.9 Å². The van der Waals surface area contributed by atoms with E-state index in [-0.39, 0.29) is 10.6 Å². The van der Waals surface area contributed by atoms with Gasteiger partial charge in [0, 0.05) is 10.6 Å². The zero-order valence-electron chi connectivity index (χ0n) is 15.8. The summed E-state index contributed by atoms with van der Waals surface area (Å²) in [5, 5.41) is 3.10. The smallest absolute Gasteiger partial charge is 0.261 e. The molecule has 0 aromatic heterocycles. The maximum Gasteiger partial charge on any atom is 0.261 e. The summed E-state index contributed by atoms with van der Waals surface area (Å²) in [7, 11) is -2.43. The Labute approximate surface area is 174 Å². The first kappa shape index (κ1) is 20.7. The quantitative estimate of drug-likeness (QED) is 0.593. The van der Waals surface area contributed by atoms with E-state index in [1.165, 1.54) is 31.4 Å². The van der Waals surface area contributed by atoms with Crippen molar-refractivity contribution < 1.29 is 17.9 Å². The third-order valence-corrected chi connectivity index (χ3v) is 5.80. The zero-order valence-corrected chi connectivity index (χ0v) is 17.3. The third kappa shape index (κ3) is 4.88. The molecule has 0 fully saturated rings. The second kappa shape index (κ2) is 8.55. The predicted molar refractivity (Wildman–Crippen MR) is 114 cm³/mol. The highest BCUT2D eigenvalue weighted by Crippen LogP contribution is 2.29. The molecular formula is C21H19ClN2O4S. The molecule has 0 heterocycles. The zero-order chi connectivity index (χ0) is 21.0. The van der Waals surface area contributed by atoms with Gasteiger partial charge in [0.05, 0.1) is 23.4 Å². The summed E-state index contributed by atoms with van der Waals surface area (Å²) in [4.78, 5) is 12.5. The minimum Gasteiger partial charge on any atom is -0.495 e.